The van der Waals surface area contributed by atoms with E-state index in [1.165, 1.54) is 38.5 Å². The van der Waals surface area contributed by atoms with Crippen molar-refractivity contribution in [2.45, 2.75) is 38.5 Å². The van der Waals surface area contributed by atoms with E-state index in [4.69, 9.17) is 0 Å². The van der Waals surface area contributed by atoms with Crippen LogP contribution in [0.1, 0.15) is 38.5 Å². The summed E-state index contributed by atoms with van der Waals surface area (Å²) in [6.07, 6.45) is 7.88. The number of nitrogens with one attached hydrogen (secondary N) is 2. The first-order valence-corrected chi connectivity index (χ1v) is 7.95. The molecule has 0 saturated heterocycles. The van der Waals surface area contributed by atoms with E-state index in [9.17, 15) is 4.39 Å². The van der Waals surface area contributed by atoms with E-state index in [2.05, 4.69) is 26.6 Å². The van der Waals surface area contributed by atoms with Gasteiger partial charge in [0.1, 0.15) is 5.82 Å². The van der Waals surface area contributed by atoms with Gasteiger partial charge >= 0.3 is 0 Å². The lowest BCUT2D eigenvalue weighted by molar-refractivity contribution is 0.286. The van der Waals surface area contributed by atoms with Crippen LogP contribution in [0.15, 0.2) is 16.6 Å². The van der Waals surface area contributed by atoms with Gasteiger partial charge in [-0.3, -0.25) is 0 Å². The molecule has 0 aromatic heterocycles. The zero-order valence-corrected chi connectivity index (χ0v) is 12.7. The van der Waals surface area contributed by atoms with Crippen molar-refractivity contribution >= 4 is 27.3 Å². The molecule has 1 heterocycles. The molecule has 1 saturated carbocycles. The Morgan fingerprint density at radius 2 is 1.53 bits per heavy atom. The van der Waals surface area contributed by atoms with Crippen LogP contribution in [0.25, 0.3) is 0 Å². The molecule has 1 aromatic rings. The molecule has 19 heavy (non-hydrogen) atoms. The van der Waals surface area contributed by atoms with Crippen LogP contribution in [-0.4, -0.2) is 13.1 Å². The van der Waals surface area contributed by atoms with Gasteiger partial charge in [0, 0.05) is 24.6 Å². The summed E-state index contributed by atoms with van der Waals surface area (Å²) >= 11 is 3.26. The molecule has 2 nitrogen and oxygen atoms in total. The number of anilines is 2. The molecule has 0 atom stereocenters. The van der Waals surface area contributed by atoms with Crippen LogP contribution in [0.4, 0.5) is 15.8 Å². The summed E-state index contributed by atoms with van der Waals surface area (Å²) in [5.41, 5.74) is 2.23. The molecule has 2 aliphatic rings. The number of rotatable bonds is 0. The third kappa shape index (κ3) is 2.73. The fourth-order valence-corrected chi connectivity index (χ4v) is 3.64. The zero-order valence-electron chi connectivity index (χ0n) is 11.1. The van der Waals surface area contributed by atoms with Crippen molar-refractivity contribution in [2.75, 3.05) is 23.7 Å². The van der Waals surface area contributed by atoms with Gasteiger partial charge in [0.15, 0.2) is 0 Å². The Bertz CT molecular complexity index is 432. The average Bonchev–Trinajstić information content (AvgIpc) is 2.72. The Morgan fingerprint density at radius 1 is 0.947 bits per heavy atom. The molecule has 0 amide bonds. The molecule has 0 bridgehead atoms. The minimum Gasteiger partial charge on any atom is -0.383 e. The van der Waals surface area contributed by atoms with Crippen molar-refractivity contribution in [3.05, 3.63) is 22.4 Å². The van der Waals surface area contributed by atoms with Gasteiger partial charge in [-0.25, -0.2) is 4.39 Å². The molecule has 104 valence electrons. The van der Waals surface area contributed by atoms with Gasteiger partial charge in [0.25, 0.3) is 0 Å². The van der Waals surface area contributed by atoms with Gasteiger partial charge in [-0.1, -0.05) is 25.7 Å². The molecule has 4 heteroatoms. The van der Waals surface area contributed by atoms with Crippen molar-refractivity contribution in [3.8, 4) is 0 Å². The predicted molar refractivity (Wildman–Crippen MR) is 81.2 cm³/mol. The van der Waals surface area contributed by atoms with Crippen molar-refractivity contribution in [2.24, 2.45) is 5.41 Å². The molecule has 0 radical (unpaired) electrons. The summed E-state index contributed by atoms with van der Waals surface area (Å²) in [4.78, 5) is 0. The summed E-state index contributed by atoms with van der Waals surface area (Å²) in [7, 11) is 0. The molecule has 0 unspecified atom stereocenters. The van der Waals surface area contributed by atoms with E-state index in [0.29, 0.717) is 9.89 Å². The fourth-order valence-electron chi connectivity index (χ4n) is 3.30. The van der Waals surface area contributed by atoms with E-state index < -0.39 is 0 Å². The first-order chi connectivity index (χ1) is 9.19. The standard InChI is InChI=1S/C15H20BrFN2/c16-11-7-13-14(8-12(11)17)19-10-15(9-18-13)5-3-1-2-4-6-15/h7-8,18-19H,1-6,9-10H2. The SMILES string of the molecule is Fc1cc2c(cc1Br)NCC1(CCCCCC1)CN2. The highest BCUT2D eigenvalue weighted by molar-refractivity contribution is 9.10. The summed E-state index contributed by atoms with van der Waals surface area (Å²) in [5, 5.41) is 6.98. The van der Waals surface area contributed by atoms with E-state index >= 15 is 0 Å². The van der Waals surface area contributed by atoms with Crippen LogP contribution in [0.2, 0.25) is 0 Å². The van der Waals surface area contributed by atoms with Gasteiger partial charge in [0.2, 0.25) is 0 Å². The Hall–Kier alpha value is -0.770. The average molecular weight is 327 g/mol. The highest BCUT2D eigenvalue weighted by atomic mass is 79.9. The highest BCUT2D eigenvalue weighted by Crippen LogP contribution is 2.40. The molecule has 1 aliphatic heterocycles. The summed E-state index contributed by atoms with van der Waals surface area (Å²) in [5.74, 6) is -0.204. The second kappa shape index (κ2) is 5.31. The van der Waals surface area contributed by atoms with Crippen molar-refractivity contribution in [1.82, 2.24) is 0 Å². The molecule has 3 rings (SSSR count). The number of hydrogen-bond donors (Lipinski definition) is 2. The third-order valence-electron chi connectivity index (χ3n) is 4.53. The van der Waals surface area contributed by atoms with Crippen LogP contribution >= 0.6 is 15.9 Å². The lowest BCUT2D eigenvalue weighted by Crippen LogP contribution is -2.34. The number of hydrogen-bond acceptors (Lipinski definition) is 2. The maximum atomic E-state index is 13.6. The largest absolute Gasteiger partial charge is 0.383 e. The Labute approximate surface area is 122 Å². The van der Waals surface area contributed by atoms with Gasteiger partial charge in [0.05, 0.1) is 15.8 Å². The minimum atomic E-state index is -0.204. The van der Waals surface area contributed by atoms with E-state index in [1.54, 1.807) is 6.07 Å². The van der Waals surface area contributed by atoms with Crippen LogP contribution in [0.5, 0.6) is 0 Å². The Balaban J connectivity index is 1.83. The monoisotopic (exact) mass is 326 g/mol. The maximum Gasteiger partial charge on any atom is 0.139 e. The molecular formula is C15H20BrFN2. The number of benzene rings is 1. The van der Waals surface area contributed by atoms with Crippen molar-refractivity contribution in [3.63, 3.8) is 0 Å². The molecule has 1 aromatic carbocycles. The second-order valence-electron chi connectivity index (χ2n) is 5.93. The fraction of sp³-hybridized carbons (Fsp3) is 0.600. The van der Waals surface area contributed by atoms with Crippen LogP contribution in [0.3, 0.4) is 0 Å². The van der Waals surface area contributed by atoms with Gasteiger partial charge in [-0.15, -0.1) is 0 Å². The first kappa shape index (κ1) is 13.2. The van der Waals surface area contributed by atoms with E-state index in [-0.39, 0.29) is 5.82 Å². The Morgan fingerprint density at radius 3 is 2.16 bits per heavy atom. The third-order valence-corrected chi connectivity index (χ3v) is 5.14. The second-order valence-corrected chi connectivity index (χ2v) is 6.79. The normalized spacial score (nSPS) is 21.8. The summed E-state index contributed by atoms with van der Waals surface area (Å²) < 4.78 is 14.1. The van der Waals surface area contributed by atoms with Crippen molar-refractivity contribution in [1.29, 1.82) is 0 Å². The van der Waals surface area contributed by atoms with Gasteiger partial charge in [-0.05, 0) is 34.8 Å². The zero-order chi connectivity index (χ0) is 13.3. The van der Waals surface area contributed by atoms with E-state index in [0.717, 1.165) is 24.5 Å². The predicted octanol–water partition coefficient (Wildman–Crippen LogP) is 4.77. The maximum absolute atomic E-state index is 13.6. The van der Waals surface area contributed by atoms with Crippen LogP contribution < -0.4 is 10.6 Å². The van der Waals surface area contributed by atoms with Gasteiger partial charge in [-0.2, -0.15) is 0 Å². The topological polar surface area (TPSA) is 24.1 Å². The quantitative estimate of drug-likeness (QED) is 0.717. The molecule has 1 spiro atoms. The van der Waals surface area contributed by atoms with E-state index in [1.807, 2.05) is 6.07 Å². The Kier molecular flexibility index (Phi) is 3.70. The smallest absolute Gasteiger partial charge is 0.139 e. The number of halogens is 2. The molecule has 1 fully saturated rings. The minimum absolute atomic E-state index is 0.204. The van der Waals surface area contributed by atoms with Crippen molar-refractivity contribution < 1.29 is 4.39 Å². The summed E-state index contributed by atoms with van der Waals surface area (Å²) in [6, 6.07) is 3.43. The molecule has 2 N–H and O–H groups in total. The highest BCUT2D eigenvalue weighted by Gasteiger charge is 2.32. The van der Waals surface area contributed by atoms with Crippen LogP contribution in [-0.2, 0) is 0 Å². The lowest BCUT2D eigenvalue weighted by atomic mass is 9.80. The first-order valence-electron chi connectivity index (χ1n) is 7.15. The number of fused-ring (bicyclic) bond motifs is 1. The molecular weight excluding hydrogens is 307 g/mol. The molecule has 1 aliphatic carbocycles. The lowest BCUT2D eigenvalue weighted by Gasteiger charge is -2.31. The summed E-state index contributed by atoms with van der Waals surface area (Å²) in [6.45, 7) is 1.94. The van der Waals surface area contributed by atoms with Crippen LogP contribution in [0, 0.1) is 11.2 Å². The van der Waals surface area contributed by atoms with Gasteiger partial charge < -0.3 is 10.6 Å².